The molecule has 6 rings (SSSR count). The first-order valence-electron chi connectivity index (χ1n) is 15.6. The molecule has 234 valence electrons. The van der Waals surface area contributed by atoms with E-state index in [4.69, 9.17) is 9.97 Å². The number of piperazine rings is 1. The Balaban J connectivity index is 0.00000188. The van der Waals surface area contributed by atoms with Crippen LogP contribution in [0.4, 0.5) is 21.7 Å². The van der Waals surface area contributed by atoms with Crippen LogP contribution in [-0.2, 0) is 5.41 Å². The van der Waals surface area contributed by atoms with Gasteiger partial charge in [0, 0.05) is 37.3 Å². The molecule has 1 saturated carbocycles. The molecule has 1 spiro atoms. The molecule has 3 aromatic rings. The van der Waals surface area contributed by atoms with E-state index in [1.54, 1.807) is 39.1 Å². The van der Waals surface area contributed by atoms with Crippen molar-refractivity contribution in [1.82, 2.24) is 19.9 Å². The number of carbonyl (C=O) groups excluding carboxylic acids is 1. The summed E-state index contributed by atoms with van der Waals surface area (Å²) in [7, 11) is 0. The van der Waals surface area contributed by atoms with Gasteiger partial charge in [0.15, 0.2) is 5.82 Å². The monoisotopic (exact) mass is 602 g/mol. The van der Waals surface area contributed by atoms with E-state index in [0.717, 1.165) is 37.1 Å². The maximum Gasteiger partial charge on any atom is 0.337 e. The van der Waals surface area contributed by atoms with Gasteiger partial charge in [0.2, 0.25) is 0 Å². The second kappa shape index (κ2) is 11.8. The Morgan fingerprint density at radius 1 is 0.955 bits per heavy atom. The van der Waals surface area contributed by atoms with E-state index in [0.29, 0.717) is 60.3 Å². The number of hydrogen-bond acceptors (Lipinski definition) is 7. The van der Waals surface area contributed by atoms with E-state index in [1.807, 2.05) is 44.7 Å². The number of benzene rings is 1. The number of aromatic carboxylic acids is 1. The molecule has 0 radical (unpaired) electrons. The molecule has 2 fully saturated rings. The molecule has 0 bridgehead atoms. The molecule has 1 saturated heterocycles. The van der Waals surface area contributed by atoms with Crippen LogP contribution in [0.15, 0.2) is 30.5 Å². The third-order valence-electron chi connectivity index (χ3n) is 9.29. The lowest BCUT2D eigenvalue weighted by Crippen LogP contribution is -2.61. The van der Waals surface area contributed by atoms with Gasteiger partial charge in [-0.2, -0.15) is 0 Å². The van der Waals surface area contributed by atoms with Crippen molar-refractivity contribution in [3.8, 4) is 0 Å². The van der Waals surface area contributed by atoms with Crippen LogP contribution < -0.4 is 9.80 Å². The summed E-state index contributed by atoms with van der Waals surface area (Å²) in [5.74, 6) is 0.0277. The molecule has 1 aliphatic carbocycles. The summed E-state index contributed by atoms with van der Waals surface area (Å²) < 4.78 is 14.5. The van der Waals surface area contributed by atoms with Crippen LogP contribution in [0.25, 0.3) is 0 Å². The topological polar surface area (TPSA) is 103 Å². The third kappa shape index (κ3) is 5.39. The van der Waals surface area contributed by atoms with Gasteiger partial charge >= 0.3 is 5.97 Å². The number of nitrogens with zero attached hydrogens (tertiary/aromatic N) is 6. The van der Waals surface area contributed by atoms with Crippen molar-refractivity contribution in [2.24, 2.45) is 0 Å². The highest BCUT2D eigenvalue weighted by molar-refractivity contribution is 5.93. The number of halogens is 1. The largest absolute Gasteiger partial charge is 0.478 e. The predicted molar refractivity (Wildman–Crippen MR) is 170 cm³/mol. The van der Waals surface area contributed by atoms with E-state index in [1.165, 1.54) is 0 Å². The summed E-state index contributed by atoms with van der Waals surface area (Å²) >= 11 is 0. The first kappa shape index (κ1) is 31.3. The smallest absolute Gasteiger partial charge is 0.337 e. The van der Waals surface area contributed by atoms with Gasteiger partial charge in [-0.15, -0.1) is 0 Å². The fourth-order valence-electron chi connectivity index (χ4n) is 7.06. The van der Waals surface area contributed by atoms with E-state index >= 15 is 0 Å². The number of carboxylic acid groups (broad SMARTS) is 1. The van der Waals surface area contributed by atoms with E-state index in [9.17, 15) is 19.1 Å². The lowest BCUT2D eigenvalue weighted by Gasteiger charge is -2.47. The number of hydrogen-bond donors (Lipinski definition) is 1. The Hall–Kier alpha value is -4.08. The maximum absolute atomic E-state index is 14.5. The van der Waals surface area contributed by atoms with Crippen molar-refractivity contribution in [3.05, 3.63) is 70.1 Å². The van der Waals surface area contributed by atoms with Crippen molar-refractivity contribution < 1.29 is 19.1 Å². The van der Waals surface area contributed by atoms with Gasteiger partial charge < -0.3 is 19.8 Å². The number of aryl methyl sites for hydroxylation is 3. The van der Waals surface area contributed by atoms with Crippen LogP contribution >= 0.6 is 0 Å². The molecule has 44 heavy (non-hydrogen) atoms. The van der Waals surface area contributed by atoms with Crippen LogP contribution in [-0.4, -0.2) is 68.6 Å². The standard InChI is InChI=1S/C32H37FN6O3.C2H6/c1-19-8-9-22(15-23(19)33)38-18-32(10-6-7-11-32)27-28(38)34-16-24(36-27)29(40)39-13-12-37(17-31(39,4)5)25-14-20(2)26(30(41)42)21(3)35-25;1-2/h8-9,14-16H,6-7,10-13,17-18H2,1-5H3,(H,41,42);1-2H3. The first-order valence-corrected chi connectivity index (χ1v) is 15.6. The number of aromatic nitrogens is 3. The quantitative estimate of drug-likeness (QED) is 0.368. The van der Waals surface area contributed by atoms with Crippen LogP contribution in [0.5, 0.6) is 0 Å². The van der Waals surface area contributed by atoms with Crippen LogP contribution in [0, 0.1) is 26.6 Å². The molecule has 0 atom stereocenters. The molecule has 9 nitrogen and oxygen atoms in total. The Kier molecular flexibility index (Phi) is 8.39. The normalized spacial score (nSPS) is 18.2. The highest BCUT2D eigenvalue weighted by atomic mass is 19.1. The van der Waals surface area contributed by atoms with Crippen molar-refractivity contribution >= 4 is 29.2 Å². The molecule has 1 N–H and O–H groups in total. The van der Waals surface area contributed by atoms with Crippen LogP contribution in [0.3, 0.4) is 0 Å². The van der Waals surface area contributed by atoms with E-state index in [-0.39, 0.29) is 22.7 Å². The summed E-state index contributed by atoms with van der Waals surface area (Å²) in [6.45, 7) is 15.5. The van der Waals surface area contributed by atoms with Gasteiger partial charge in [-0.25, -0.2) is 24.1 Å². The number of fused-ring (bicyclic) bond motifs is 2. The Morgan fingerprint density at radius 2 is 1.66 bits per heavy atom. The number of amides is 1. The highest BCUT2D eigenvalue weighted by Crippen LogP contribution is 2.51. The third-order valence-corrected chi connectivity index (χ3v) is 9.29. The number of carbonyl (C=O) groups is 2. The average molecular weight is 603 g/mol. The van der Waals surface area contributed by atoms with Crippen molar-refractivity contribution in [3.63, 3.8) is 0 Å². The van der Waals surface area contributed by atoms with E-state index < -0.39 is 11.5 Å². The zero-order chi connectivity index (χ0) is 32.0. The molecular formula is C34H43FN6O3. The lowest BCUT2D eigenvalue weighted by molar-refractivity contribution is 0.0505. The van der Waals surface area contributed by atoms with Crippen LogP contribution in [0.2, 0.25) is 0 Å². The molecule has 1 aromatic carbocycles. The second-order valence-corrected chi connectivity index (χ2v) is 12.7. The number of rotatable bonds is 4. The number of carboxylic acids is 1. The molecule has 4 heterocycles. The molecule has 2 aromatic heterocycles. The Labute approximate surface area is 259 Å². The number of pyridine rings is 1. The minimum Gasteiger partial charge on any atom is -0.478 e. The number of anilines is 3. The van der Waals surface area contributed by atoms with Gasteiger partial charge in [-0.05, 0) is 76.8 Å². The SMILES string of the molecule is CC.Cc1ccc(N2CC3(CCCC3)c3nc(C(=O)N4CCN(c5cc(C)c(C(=O)O)c(C)n5)CC4(C)C)cnc32)cc1F. The highest BCUT2D eigenvalue weighted by Gasteiger charge is 2.48. The van der Waals surface area contributed by atoms with Crippen LogP contribution in [0.1, 0.15) is 96.7 Å². The Morgan fingerprint density at radius 3 is 2.27 bits per heavy atom. The summed E-state index contributed by atoms with van der Waals surface area (Å²) in [6, 6.07) is 7.08. The van der Waals surface area contributed by atoms with Gasteiger partial charge in [0.05, 0.1) is 28.7 Å². The molecule has 0 unspecified atom stereocenters. The fourth-order valence-corrected chi connectivity index (χ4v) is 7.06. The Bertz CT molecular complexity index is 1580. The summed E-state index contributed by atoms with van der Waals surface area (Å²) in [5, 5.41) is 9.53. The zero-order valence-electron chi connectivity index (χ0n) is 26.9. The summed E-state index contributed by atoms with van der Waals surface area (Å²) in [4.78, 5) is 46.0. The van der Waals surface area contributed by atoms with Gasteiger partial charge in [-0.1, -0.05) is 32.8 Å². The van der Waals surface area contributed by atoms with Crippen molar-refractivity contribution in [2.75, 3.05) is 36.0 Å². The summed E-state index contributed by atoms with van der Waals surface area (Å²) in [5.41, 5.74) is 3.16. The predicted octanol–water partition coefficient (Wildman–Crippen LogP) is 6.36. The minimum atomic E-state index is -0.983. The molecule has 2 aliphatic heterocycles. The molecule has 1 amide bonds. The van der Waals surface area contributed by atoms with Gasteiger partial charge in [-0.3, -0.25) is 4.79 Å². The van der Waals surface area contributed by atoms with E-state index in [2.05, 4.69) is 14.8 Å². The zero-order valence-corrected chi connectivity index (χ0v) is 26.9. The second-order valence-electron chi connectivity index (χ2n) is 12.7. The molecule has 10 heteroatoms. The first-order chi connectivity index (χ1) is 20.9. The molecule has 3 aliphatic rings. The average Bonchev–Trinajstić information content (AvgIpc) is 3.59. The summed E-state index contributed by atoms with van der Waals surface area (Å²) in [6.07, 6.45) is 5.67. The molecular weight excluding hydrogens is 559 g/mol. The van der Waals surface area contributed by atoms with Gasteiger partial charge in [0.1, 0.15) is 17.3 Å². The van der Waals surface area contributed by atoms with Crippen molar-refractivity contribution in [1.29, 1.82) is 0 Å². The van der Waals surface area contributed by atoms with Gasteiger partial charge in [0.25, 0.3) is 5.91 Å². The fraction of sp³-hybridized carbons (Fsp3) is 0.500. The lowest BCUT2D eigenvalue weighted by atomic mass is 9.84. The van der Waals surface area contributed by atoms with Crippen molar-refractivity contribution in [2.45, 2.75) is 85.1 Å². The minimum absolute atomic E-state index is 0.163. The maximum atomic E-state index is 14.5.